The number of halogens is 4. The molecule has 2 aromatic heterocycles. The SMILES string of the molecule is O=S(=O)(N1CCN(C2CCC2)CC1)N(Cc1ccc(-c2nnc(C(F)F)o2)cn1)c1ccc(F)c(Cl)c1. The molecule has 9 nitrogen and oxygen atoms in total. The van der Waals surface area contributed by atoms with Crippen molar-refractivity contribution in [1.29, 1.82) is 0 Å². The van der Waals surface area contributed by atoms with E-state index < -0.39 is 28.3 Å². The predicted molar refractivity (Wildman–Crippen MR) is 130 cm³/mol. The molecule has 2 fully saturated rings. The average Bonchev–Trinajstić information content (AvgIpc) is 3.35. The van der Waals surface area contributed by atoms with E-state index in [0.29, 0.717) is 43.5 Å². The third kappa shape index (κ3) is 5.44. The fraction of sp³-hybridized carbons (Fsp3) is 0.435. The highest BCUT2D eigenvalue weighted by Crippen LogP contribution is 2.30. The van der Waals surface area contributed by atoms with Crippen LogP contribution < -0.4 is 4.31 Å². The van der Waals surface area contributed by atoms with Gasteiger partial charge >= 0.3 is 16.6 Å². The molecule has 0 spiro atoms. The topological polar surface area (TPSA) is 95.7 Å². The maximum Gasteiger partial charge on any atom is 0.314 e. The molecule has 0 radical (unpaired) electrons. The summed E-state index contributed by atoms with van der Waals surface area (Å²) < 4.78 is 74.4. The number of hydrogen-bond acceptors (Lipinski definition) is 7. The Balaban J connectivity index is 1.38. The van der Waals surface area contributed by atoms with Gasteiger partial charge in [0.15, 0.2) is 0 Å². The number of aromatic nitrogens is 3. The van der Waals surface area contributed by atoms with Crippen LogP contribution in [0.5, 0.6) is 0 Å². The van der Waals surface area contributed by atoms with Crippen LogP contribution in [0.25, 0.3) is 11.5 Å². The number of benzene rings is 1. The molecule has 37 heavy (non-hydrogen) atoms. The lowest BCUT2D eigenvalue weighted by Crippen LogP contribution is -2.56. The maximum absolute atomic E-state index is 13.9. The second-order valence-corrected chi connectivity index (χ2v) is 11.2. The number of hydrogen-bond donors (Lipinski definition) is 0. The van der Waals surface area contributed by atoms with Crippen molar-refractivity contribution in [2.24, 2.45) is 0 Å². The average molecular weight is 557 g/mol. The number of piperazine rings is 1. The van der Waals surface area contributed by atoms with Crippen LogP contribution in [0, 0.1) is 5.82 Å². The minimum atomic E-state index is -4.02. The first-order valence-corrected chi connectivity index (χ1v) is 13.5. The normalized spacial score (nSPS) is 17.8. The molecule has 198 valence electrons. The van der Waals surface area contributed by atoms with Gasteiger partial charge in [0, 0.05) is 38.4 Å². The zero-order chi connectivity index (χ0) is 26.2. The second-order valence-electron chi connectivity index (χ2n) is 8.92. The molecule has 3 heterocycles. The van der Waals surface area contributed by atoms with Gasteiger partial charge in [-0.25, -0.2) is 4.39 Å². The van der Waals surface area contributed by atoms with E-state index in [1.54, 1.807) is 0 Å². The van der Waals surface area contributed by atoms with Gasteiger partial charge < -0.3 is 4.42 Å². The van der Waals surface area contributed by atoms with E-state index in [1.807, 2.05) is 0 Å². The van der Waals surface area contributed by atoms with Crippen molar-refractivity contribution in [3.05, 3.63) is 59.0 Å². The summed E-state index contributed by atoms with van der Waals surface area (Å²) in [6.45, 7) is 1.78. The van der Waals surface area contributed by atoms with E-state index in [2.05, 4.69) is 20.1 Å². The summed E-state index contributed by atoms with van der Waals surface area (Å²) in [4.78, 5) is 6.60. The molecule has 3 aromatic rings. The number of pyridine rings is 1. The zero-order valence-electron chi connectivity index (χ0n) is 19.6. The van der Waals surface area contributed by atoms with Crippen molar-refractivity contribution >= 4 is 27.5 Å². The number of nitrogens with zero attached hydrogens (tertiary/aromatic N) is 6. The molecular formula is C23H24ClF3N6O3S. The lowest BCUT2D eigenvalue weighted by atomic mass is 9.91. The summed E-state index contributed by atoms with van der Waals surface area (Å²) in [7, 11) is -4.02. The first-order valence-electron chi connectivity index (χ1n) is 11.8. The summed E-state index contributed by atoms with van der Waals surface area (Å²) in [6.07, 6.45) is 1.92. The first kappa shape index (κ1) is 25.9. The zero-order valence-corrected chi connectivity index (χ0v) is 21.2. The number of alkyl halides is 2. The van der Waals surface area contributed by atoms with Gasteiger partial charge in [-0.2, -0.15) is 21.5 Å². The predicted octanol–water partition coefficient (Wildman–Crippen LogP) is 4.28. The molecule has 1 aliphatic heterocycles. The van der Waals surface area contributed by atoms with Gasteiger partial charge in [-0.15, -0.1) is 10.2 Å². The highest BCUT2D eigenvalue weighted by Gasteiger charge is 2.36. The summed E-state index contributed by atoms with van der Waals surface area (Å²) >= 11 is 5.98. The van der Waals surface area contributed by atoms with E-state index in [-0.39, 0.29) is 23.1 Å². The van der Waals surface area contributed by atoms with Crippen LogP contribution in [-0.4, -0.2) is 65.0 Å². The Morgan fingerprint density at radius 1 is 1.11 bits per heavy atom. The fourth-order valence-electron chi connectivity index (χ4n) is 4.37. The molecule has 5 rings (SSSR count). The van der Waals surface area contributed by atoms with E-state index in [0.717, 1.165) is 23.2 Å². The third-order valence-electron chi connectivity index (χ3n) is 6.66. The first-order chi connectivity index (χ1) is 17.7. The maximum atomic E-state index is 13.9. The van der Waals surface area contributed by atoms with Gasteiger partial charge in [0.05, 0.1) is 28.5 Å². The Bertz CT molecular complexity index is 1350. The molecule has 2 aliphatic rings. The Morgan fingerprint density at radius 2 is 1.86 bits per heavy atom. The highest BCUT2D eigenvalue weighted by atomic mass is 35.5. The molecule has 0 amide bonds. The minimum Gasteiger partial charge on any atom is -0.415 e. The largest absolute Gasteiger partial charge is 0.415 e. The van der Waals surface area contributed by atoms with Crippen molar-refractivity contribution in [1.82, 2.24) is 24.4 Å². The van der Waals surface area contributed by atoms with Crippen molar-refractivity contribution in [2.45, 2.75) is 38.3 Å². The minimum absolute atomic E-state index is 0.131. The van der Waals surface area contributed by atoms with Crippen molar-refractivity contribution in [2.75, 3.05) is 30.5 Å². The highest BCUT2D eigenvalue weighted by molar-refractivity contribution is 7.90. The van der Waals surface area contributed by atoms with Gasteiger partial charge in [0.2, 0.25) is 5.89 Å². The van der Waals surface area contributed by atoms with Gasteiger partial charge in [-0.05, 0) is 43.2 Å². The molecule has 0 N–H and O–H groups in total. The van der Waals surface area contributed by atoms with Crippen LogP contribution >= 0.6 is 11.6 Å². The molecule has 14 heteroatoms. The van der Waals surface area contributed by atoms with E-state index in [9.17, 15) is 21.6 Å². The van der Waals surface area contributed by atoms with Crippen LogP contribution in [0.2, 0.25) is 5.02 Å². The third-order valence-corrected chi connectivity index (χ3v) is 8.87. The number of rotatable bonds is 8. The van der Waals surface area contributed by atoms with Gasteiger partial charge in [0.25, 0.3) is 5.89 Å². The van der Waals surface area contributed by atoms with Crippen molar-refractivity contribution in [3.63, 3.8) is 0 Å². The van der Waals surface area contributed by atoms with Gasteiger partial charge in [-0.3, -0.25) is 14.2 Å². The number of anilines is 1. The summed E-state index contributed by atoms with van der Waals surface area (Å²) in [5.74, 6) is -1.60. The molecule has 0 bridgehead atoms. The quantitative estimate of drug-likeness (QED) is 0.408. The molecule has 1 aliphatic carbocycles. The summed E-state index contributed by atoms with van der Waals surface area (Å²) in [5, 5.41) is 6.68. The summed E-state index contributed by atoms with van der Waals surface area (Å²) in [6, 6.07) is 7.30. The molecular weight excluding hydrogens is 533 g/mol. The van der Waals surface area contributed by atoms with Crippen LogP contribution in [-0.2, 0) is 16.8 Å². The molecule has 1 saturated heterocycles. The van der Waals surface area contributed by atoms with E-state index >= 15 is 0 Å². The van der Waals surface area contributed by atoms with E-state index in [4.69, 9.17) is 16.0 Å². The Labute approximate surface area is 217 Å². The lowest BCUT2D eigenvalue weighted by Gasteiger charge is -2.43. The van der Waals surface area contributed by atoms with Gasteiger partial charge in [-0.1, -0.05) is 18.0 Å². The van der Waals surface area contributed by atoms with Crippen LogP contribution in [0.1, 0.15) is 37.3 Å². The fourth-order valence-corrected chi connectivity index (χ4v) is 6.12. The van der Waals surface area contributed by atoms with Crippen molar-refractivity contribution in [3.8, 4) is 11.5 Å². The Kier molecular flexibility index (Phi) is 7.39. The van der Waals surface area contributed by atoms with Crippen LogP contribution in [0.3, 0.4) is 0 Å². The Hall–Kier alpha value is -2.74. The monoisotopic (exact) mass is 556 g/mol. The van der Waals surface area contributed by atoms with Gasteiger partial charge in [0.1, 0.15) is 5.82 Å². The van der Waals surface area contributed by atoms with E-state index in [1.165, 1.54) is 41.2 Å². The standard InChI is InChI=1S/C23H24ClF3N6O3S/c24-19-12-18(6-7-20(19)25)33(37(34,35)32-10-8-31(9-11-32)17-2-1-3-17)14-16-5-4-15(13-28-16)22-29-30-23(36-22)21(26)27/h4-7,12-13,17,21H,1-3,8-11,14H2. The smallest absolute Gasteiger partial charge is 0.314 e. The Morgan fingerprint density at radius 3 is 2.43 bits per heavy atom. The lowest BCUT2D eigenvalue weighted by molar-refractivity contribution is 0.0888. The van der Waals surface area contributed by atoms with Crippen molar-refractivity contribution < 1.29 is 26.0 Å². The van der Waals surface area contributed by atoms with Crippen LogP contribution in [0.4, 0.5) is 18.9 Å². The summed E-state index contributed by atoms with van der Waals surface area (Å²) in [5.41, 5.74) is 0.848. The molecule has 1 aromatic carbocycles. The second kappa shape index (κ2) is 10.6. The molecule has 0 unspecified atom stereocenters. The molecule has 1 saturated carbocycles. The molecule has 0 atom stereocenters. The van der Waals surface area contributed by atoms with Crippen LogP contribution in [0.15, 0.2) is 40.9 Å².